The standard InChI is InChI=1S/C35H50N4O6/c1-24-21-39(25(2)23-40)35(43)30-20-29(37-33(41)27-11-6-5-7-12-27)13-14-31(30)45-26(3)10-8-9-19-44-32(24)22-38(4)34(42)28-15-17-36-18-16-28/h13-18,20,24-27,32,40H,5-12,19,21-23H2,1-4H3,(H,37,41)/t24-,25+,26+,32-/m1/s1. The largest absolute Gasteiger partial charge is 0.490 e. The summed E-state index contributed by atoms with van der Waals surface area (Å²) in [4.78, 5) is 47.8. The number of anilines is 1. The van der Waals surface area contributed by atoms with E-state index in [1.807, 2.05) is 13.8 Å². The molecule has 1 aromatic carbocycles. The summed E-state index contributed by atoms with van der Waals surface area (Å²) >= 11 is 0. The monoisotopic (exact) mass is 622 g/mol. The van der Waals surface area contributed by atoms with E-state index in [2.05, 4.69) is 10.3 Å². The van der Waals surface area contributed by atoms with E-state index in [9.17, 15) is 19.5 Å². The van der Waals surface area contributed by atoms with Gasteiger partial charge < -0.3 is 29.7 Å². The number of nitrogens with zero attached hydrogens (tertiary/aromatic N) is 3. The minimum absolute atomic E-state index is 0.0168. The first kappa shape index (κ1) is 34.4. The van der Waals surface area contributed by atoms with Gasteiger partial charge in [0.05, 0.1) is 30.4 Å². The average Bonchev–Trinajstić information content (AvgIpc) is 3.06. The van der Waals surface area contributed by atoms with Crippen LogP contribution in [0.5, 0.6) is 5.75 Å². The summed E-state index contributed by atoms with van der Waals surface area (Å²) in [6.45, 7) is 6.71. The zero-order chi connectivity index (χ0) is 32.3. The van der Waals surface area contributed by atoms with Gasteiger partial charge >= 0.3 is 0 Å². The summed E-state index contributed by atoms with van der Waals surface area (Å²) in [6.07, 6.45) is 10.2. The van der Waals surface area contributed by atoms with Crippen LogP contribution in [0.25, 0.3) is 0 Å². The zero-order valence-corrected chi connectivity index (χ0v) is 27.2. The molecule has 4 rings (SSSR count). The molecule has 0 saturated heterocycles. The molecule has 2 N–H and O–H groups in total. The van der Waals surface area contributed by atoms with Crippen molar-refractivity contribution in [2.24, 2.45) is 11.8 Å². The molecule has 1 aliphatic heterocycles. The molecule has 45 heavy (non-hydrogen) atoms. The first-order valence-corrected chi connectivity index (χ1v) is 16.5. The van der Waals surface area contributed by atoms with Gasteiger partial charge in [0.2, 0.25) is 5.91 Å². The number of carbonyl (C=O) groups excluding carboxylic acids is 3. The van der Waals surface area contributed by atoms with Crippen LogP contribution in [0.4, 0.5) is 5.69 Å². The van der Waals surface area contributed by atoms with Crippen LogP contribution in [0.2, 0.25) is 0 Å². The van der Waals surface area contributed by atoms with Gasteiger partial charge in [0.25, 0.3) is 11.8 Å². The molecule has 2 aromatic rings. The predicted molar refractivity (Wildman–Crippen MR) is 173 cm³/mol. The van der Waals surface area contributed by atoms with E-state index in [0.29, 0.717) is 35.7 Å². The number of likely N-dealkylation sites (N-methyl/N-ethyl adjacent to an activating group) is 1. The van der Waals surface area contributed by atoms with E-state index in [-0.39, 0.29) is 54.9 Å². The van der Waals surface area contributed by atoms with Gasteiger partial charge in [-0.1, -0.05) is 26.2 Å². The molecule has 4 atom stereocenters. The lowest BCUT2D eigenvalue weighted by molar-refractivity contribution is -0.120. The Balaban J connectivity index is 1.61. The highest BCUT2D eigenvalue weighted by molar-refractivity contribution is 6.00. The van der Waals surface area contributed by atoms with Gasteiger partial charge in [-0.05, 0) is 76.3 Å². The maximum Gasteiger partial charge on any atom is 0.258 e. The molecule has 1 fully saturated rings. The summed E-state index contributed by atoms with van der Waals surface area (Å²) < 4.78 is 12.7. The van der Waals surface area contributed by atoms with Gasteiger partial charge in [-0.3, -0.25) is 19.4 Å². The molecule has 10 heteroatoms. The topological polar surface area (TPSA) is 121 Å². The van der Waals surface area contributed by atoms with Gasteiger partial charge in [-0.25, -0.2) is 0 Å². The van der Waals surface area contributed by atoms with Crippen molar-refractivity contribution in [3.8, 4) is 5.75 Å². The lowest BCUT2D eigenvalue weighted by Gasteiger charge is -2.36. The van der Waals surface area contributed by atoms with Crippen molar-refractivity contribution < 1.29 is 29.0 Å². The maximum atomic E-state index is 14.3. The Morgan fingerprint density at radius 1 is 1.07 bits per heavy atom. The number of hydrogen-bond acceptors (Lipinski definition) is 7. The van der Waals surface area contributed by atoms with E-state index in [0.717, 1.165) is 51.4 Å². The van der Waals surface area contributed by atoms with Crippen LogP contribution in [0.3, 0.4) is 0 Å². The Morgan fingerprint density at radius 2 is 1.78 bits per heavy atom. The van der Waals surface area contributed by atoms with Gasteiger partial charge in [0.15, 0.2) is 0 Å². The molecule has 246 valence electrons. The summed E-state index contributed by atoms with van der Waals surface area (Å²) in [5.41, 5.74) is 1.44. The van der Waals surface area contributed by atoms with Gasteiger partial charge in [-0.15, -0.1) is 0 Å². The summed E-state index contributed by atoms with van der Waals surface area (Å²) in [5.74, 6) is -0.179. The van der Waals surface area contributed by atoms with Crippen LogP contribution in [0.15, 0.2) is 42.7 Å². The Labute approximate surface area is 267 Å². The molecule has 0 spiro atoms. The van der Waals surface area contributed by atoms with Crippen molar-refractivity contribution >= 4 is 23.4 Å². The molecule has 2 heterocycles. The highest BCUT2D eigenvalue weighted by atomic mass is 16.5. The Morgan fingerprint density at radius 3 is 2.49 bits per heavy atom. The van der Waals surface area contributed by atoms with Crippen molar-refractivity contribution in [2.45, 2.75) is 90.4 Å². The SMILES string of the molecule is C[C@@H]1CN([C@@H](C)CO)C(=O)c2cc(NC(=O)C3CCCCC3)ccc2O[C@@H](C)CCCCO[C@@H]1CN(C)C(=O)c1ccncc1. The molecular weight excluding hydrogens is 572 g/mol. The summed E-state index contributed by atoms with van der Waals surface area (Å²) in [6, 6.07) is 8.15. The normalized spacial score (nSPS) is 22.8. The zero-order valence-electron chi connectivity index (χ0n) is 27.2. The van der Waals surface area contributed by atoms with E-state index in [4.69, 9.17) is 9.47 Å². The number of benzene rings is 1. The fourth-order valence-electron chi connectivity index (χ4n) is 6.14. The van der Waals surface area contributed by atoms with Crippen molar-refractivity contribution in [2.75, 3.05) is 38.7 Å². The highest BCUT2D eigenvalue weighted by Gasteiger charge is 2.31. The number of aliphatic hydroxyl groups is 1. The second kappa shape index (κ2) is 16.7. The van der Waals surface area contributed by atoms with Crippen molar-refractivity contribution in [1.82, 2.24) is 14.8 Å². The van der Waals surface area contributed by atoms with Crippen LogP contribution in [0.1, 0.15) is 92.9 Å². The molecule has 1 aromatic heterocycles. The molecule has 2 aliphatic rings. The van der Waals surface area contributed by atoms with Crippen molar-refractivity contribution in [3.63, 3.8) is 0 Å². The molecule has 0 radical (unpaired) electrons. The number of pyridine rings is 1. The minimum Gasteiger partial charge on any atom is -0.490 e. The average molecular weight is 623 g/mol. The Kier molecular flexibility index (Phi) is 12.8. The third-order valence-corrected chi connectivity index (χ3v) is 9.02. The lowest BCUT2D eigenvalue weighted by atomic mass is 9.88. The minimum atomic E-state index is -0.490. The number of aliphatic hydroxyl groups excluding tert-OH is 1. The van der Waals surface area contributed by atoms with E-state index >= 15 is 0 Å². The van der Waals surface area contributed by atoms with Gasteiger partial charge in [0.1, 0.15) is 5.75 Å². The number of fused-ring (bicyclic) bond motifs is 1. The fraction of sp³-hybridized carbons (Fsp3) is 0.600. The second-order valence-corrected chi connectivity index (χ2v) is 12.8. The van der Waals surface area contributed by atoms with Crippen LogP contribution >= 0.6 is 0 Å². The van der Waals surface area contributed by atoms with Crippen LogP contribution < -0.4 is 10.1 Å². The number of ether oxygens (including phenoxy) is 2. The third kappa shape index (κ3) is 9.50. The van der Waals surface area contributed by atoms with Gasteiger partial charge in [-0.2, -0.15) is 0 Å². The number of carbonyl (C=O) groups is 3. The van der Waals surface area contributed by atoms with E-state index in [1.54, 1.807) is 66.5 Å². The molecule has 1 saturated carbocycles. The number of nitrogens with one attached hydrogen (secondary N) is 1. The highest BCUT2D eigenvalue weighted by Crippen LogP contribution is 2.30. The quantitative estimate of drug-likeness (QED) is 0.437. The lowest BCUT2D eigenvalue weighted by Crippen LogP contribution is -2.48. The third-order valence-electron chi connectivity index (χ3n) is 9.02. The Bertz CT molecular complexity index is 1270. The molecule has 3 amide bonds. The van der Waals surface area contributed by atoms with E-state index in [1.165, 1.54) is 0 Å². The first-order valence-electron chi connectivity index (χ1n) is 16.5. The van der Waals surface area contributed by atoms with Crippen LogP contribution in [0, 0.1) is 11.8 Å². The number of amides is 3. The van der Waals surface area contributed by atoms with Crippen LogP contribution in [-0.2, 0) is 9.53 Å². The molecule has 0 unspecified atom stereocenters. The number of rotatable bonds is 7. The van der Waals surface area contributed by atoms with Crippen molar-refractivity contribution in [3.05, 3.63) is 53.9 Å². The first-order chi connectivity index (χ1) is 21.7. The Hall–Kier alpha value is -3.50. The smallest absolute Gasteiger partial charge is 0.258 e. The fourth-order valence-corrected chi connectivity index (χ4v) is 6.14. The van der Waals surface area contributed by atoms with Crippen LogP contribution in [-0.4, -0.2) is 89.2 Å². The molecule has 0 bridgehead atoms. The molecular formula is C35H50N4O6. The molecule has 10 nitrogen and oxygen atoms in total. The summed E-state index contributed by atoms with van der Waals surface area (Å²) in [5, 5.41) is 13.3. The summed E-state index contributed by atoms with van der Waals surface area (Å²) in [7, 11) is 1.75. The van der Waals surface area contributed by atoms with Crippen molar-refractivity contribution in [1.29, 1.82) is 0 Å². The predicted octanol–water partition coefficient (Wildman–Crippen LogP) is 5.17. The van der Waals surface area contributed by atoms with E-state index < -0.39 is 6.04 Å². The number of hydrogen-bond donors (Lipinski definition) is 2. The number of aromatic nitrogens is 1. The van der Waals surface area contributed by atoms with Gasteiger partial charge in [0, 0.05) is 62.2 Å². The maximum absolute atomic E-state index is 14.3. The second-order valence-electron chi connectivity index (χ2n) is 12.8. The molecule has 1 aliphatic carbocycles.